The van der Waals surface area contributed by atoms with Crippen molar-refractivity contribution >= 4 is 5.91 Å². The van der Waals surface area contributed by atoms with Crippen LogP contribution < -0.4 is 0 Å². The number of ether oxygens (including phenoxy) is 2. The van der Waals surface area contributed by atoms with Gasteiger partial charge in [-0.15, -0.1) is 0 Å². The van der Waals surface area contributed by atoms with Crippen molar-refractivity contribution in [1.82, 2.24) is 9.80 Å². The third-order valence-electron chi connectivity index (χ3n) is 6.58. The standard InChI is InChI=1S/C22H32N2O3/c1-26-14-15-27-18-9-12-23(13-10-18)22(25)19-16-21(17-6-3-2-4-7-17)24-11-5-8-20(19)24/h2-4,6-7,18-21H,5,8-16H2,1H3/t19-,20+,21-/m0/s1. The molecule has 1 amide bonds. The molecule has 0 unspecified atom stereocenters. The number of benzene rings is 1. The maximum Gasteiger partial charge on any atom is 0.227 e. The number of carbonyl (C=O) groups excluding carboxylic acids is 1. The first-order valence-electron chi connectivity index (χ1n) is 10.5. The fourth-order valence-electron chi connectivity index (χ4n) is 5.21. The van der Waals surface area contributed by atoms with Crippen molar-refractivity contribution in [2.45, 2.75) is 50.3 Å². The highest BCUT2D eigenvalue weighted by molar-refractivity contribution is 5.80. The molecule has 0 N–H and O–H groups in total. The van der Waals surface area contributed by atoms with Gasteiger partial charge in [-0.25, -0.2) is 0 Å². The number of hydrogen-bond acceptors (Lipinski definition) is 4. The lowest BCUT2D eigenvalue weighted by Crippen LogP contribution is -2.46. The van der Waals surface area contributed by atoms with Gasteiger partial charge in [0.1, 0.15) is 0 Å². The Balaban J connectivity index is 1.36. The van der Waals surface area contributed by atoms with Gasteiger partial charge in [-0.3, -0.25) is 9.69 Å². The van der Waals surface area contributed by atoms with Gasteiger partial charge in [-0.2, -0.15) is 0 Å². The van der Waals surface area contributed by atoms with Gasteiger partial charge >= 0.3 is 0 Å². The molecule has 5 heteroatoms. The lowest BCUT2D eigenvalue weighted by Gasteiger charge is -2.34. The van der Waals surface area contributed by atoms with Crippen molar-refractivity contribution in [3.8, 4) is 0 Å². The van der Waals surface area contributed by atoms with Gasteiger partial charge in [-0.05, 0) is 44.2 Å². The summed E-state index contributed by atoms with van der Waals surface area (Å²) >= 11 is 0. The van der Waals surface area contributed by atoms with E-state index in [1.54, 1.807) is 7.11 Å². The second kappa shape index (κ2) is 8.72. The van der Waals surface area contributed by atoms with Crippen LogP contribution in [0.15, 0.2) is 30.3 Å². The Morgan fingerprint density at radius 2 is 1.85 bits per heavy atom. The maximum atomic E-state index is 13.3. The van der Waals surface area contributed by atoms with Crippen molar-refractivity contribution in [2.75, 3.05) is 40.0 Å². The molecule has 4 rings (SSSR count). The van der Waals surface area contributed by atoms with Crippen LogP contribution in [0, 0.1) is 5.92 Å². The molecule has 5 nitrogen and oxygen atoms in total. The first-order chi connectivity index (χ1) is 13.3. The van der Waals surface area contributed by atoms with Crippen molar-refractivity contribution in [3.05, 3.63) is 35.9 Å². The Hall–Kier alpha value is -1.43. The summed E-state index contributed by atoms with van der Waals surface area (Å²) in [5.74, 6) is 0.532. The van der Waals surface area contributed by atoms with Crippen LogP contribution in [0.25, 0.3) is 0 Å². The van der Waals surface area contributed by atoms with Crippen LogP contribution in [0.3, 0.4) is 0 Å². The highest BCUT2D eigenvalue weighted by atomic mass is 16.5. The molecule has 0 aliphatic carbocycles. The molecule has 0 radical (unpaired) electrons. The zero-order valence-electron chi connectivity index (χ0n) is 16.4. The van der Waals surface area contributed by atoms with E-state index in [2.05, 4.69) is 40.1 Å². The summed E-state index contributed by atoms with van der Waals surface area (Å²) in [4.78, 5) is 18.0. The summed E-state index contributed by atoms with van der Waals surface area (Å²) in [5.41, 5.74) is 1.37. The number of methoxy groups -OCH3 is 1. The van der Waals surface area contributed by atoms with Crippen molar-refractivity contribution in [2.24, 2.45) is 5.92 Å². The third-order valence-corrected chi connectivity index (χ3v) is 6.58. The van der Waals surface area contributed by atoms with E-state index in [0.29, 0.717) is 31.2 Å². The topological polar surface area (TPSA) is 42.0 Å². The van der Waals surface area contributed by atoms with E-state index in [-0.39, 0.29) is 12.0 Å². The number of piperidine rings is 1. The minimum atomic E-state index is 0.156. The zero-order chi connectivity index (χ0) is 18.6. The molecule has 3 saturated heterocycles. The Kier molecular flexibility index (Phi) is 6.11. The van der Waals surface area contributed by atoms with Gasteiger partial charge < -0.3 is 14.4 Å². The second-order valence-corrected chi connectivity index (χ2v) is 8.10. The molecule has 3 aliphatic heterocycles. The number of hydrogen-bond donors (Lipinski definition) is 0. The normalized spacial score (nSPS) is 29.2. The van der Waals surface area contributed by atoms with Gasteiger partial charge in [0.25, 0.3) is 0 Å². The van der Waals surface area contributed by atoms with Crippen molar-refractivity contribution in [3.63, 3.8) is 0 Å². The molecule has 1 aromatic rings. The molecule has 0 saturated carbocycles. The smallest absolute Gasteiger partial charge is 0.227 e. The molecule has 3 aliphatic rings. The average molecular weight is 373 g/mol. The fraction of sp³-hybridized carbons (Fsp3) is 0.682. The SMILES string of the molecule is COCCOC1CCN(C(=O)[C@H]2C[C@@H](c3ccccc3)N3CCC[C@H]23)CC1. The number of likely N-dealkylation sites (tertiary alicyclic amines) is 1. The number of rotatable bonds is 6. The predicted molar refractivity (Wildman–Crippen MR) is 104 cm³/mol. The number of amides is 1. The Morgan fingerprint density at radius 3 is 2.59 bits per heavy atom. The fourth-order valence-corrected chi connectivity index (χ4v) is 5.21. The molecule has 0 spiro atoms. The number of fused-ring (bicyclic) bond motifs is 1. The minimum Gasteiger partial charge on any atom is -0.382 e. The van der Waals surface area contributed by atoms with Gasteiger partial charge in [0.05, 0.1) is 25.2 Å². The Morgan fingerprint density at radius 1 is 1.07 bits per heavy atom. The molecule has 27 heavy (non-hydrogen) atoms. The molecular weight excluding hydrogens is 340 g/mol. The molecule has 3 heterocycles. The molecule has 0 aromatic heterocycles. The molecule has 0 bridgehead atoms. The van der Waals surface area contributed by atoms with E-state index in [0.717, 1.165) is 45.3 Å². The van der Waals surface area contributed by atoms with E-state index >= 15 is 0 Å². The molecular formula is C22H32N2O3. The van der Waals surface area contributed by atoms with E-state index in [4.69, 9.17) is 9.47 Å². The third kappa shape index (κ3) is 4.05. The van der Waals surface area contributed by atoms with Crippen LogP contribution in [-0.2, 0) is 14.3 Å². The quantitative estimate of drug-likeness (QED) is 0.720. The molecule has 1 aromatic carbocycles. The first kappa shape index (κ1) is 18.9. The van der Waals surface area contributed by atoms with Crippen molar-refractivity contribution < 1.29 is 14.3 Å². The summed E-state index contributed by atoms with van der Waals surface area (Å²) < 4.78 is 10.9. The van der Waals surface area contributed by atoms with Crippen LogP contribution in [0.1, 0.15) is 43.7 Å². The summed E-state index contributed by atoms with van der Waals surface area (Å²) in [6.07, 6.45) is 5.51. The van der Waals surface area contributed by atoms with E-state index in [1.807, 2.05) is 0 Å². The van der Waals surface area contributed by atoms with Gasteiger partial charge in [-0.1, -0.05) is 30.3 Å². The summed E-state index contributed by atoms with van der Waals surface area (Å²) in [7, 11) is 1.70. The monoisotopic (exact) mass is 372 g/mol. The molecule has 3 atom stereocenters. The summed E-state index contributed by atoms with van der Waals surface area (Å²) in [6.45, 7) is 4.07. The summed E-state index contributed by atoms with van der Waals surface area (Å²) in [6, 6.07) is 11.6. The van der Waals surface area contributed by atoms with E-state index < -0.39 is 0 Å². The van der Waals surface area contributed by atoms with E-state index in [1.165, 1.54) is 12.0 Å². The predicted octanol–water partition coefficient (Wildman–Crippen LogP) is 2.87. The minimum absolute atomic E-state index is 0.156. The van der Waals surface area contributed by atoms with Crippen LogP contribution in [0.2, 0.25) is 0 Å². The highest BCUT2D eigenvalue weighted by Gasteiger charge is 2.48. The molecule has 148 valence electrons. The molecule has 3 fully saturated rings. The lowest BCUT2D eigenvalue weighted by atomic mass is 9.92. The Labute approximate surface area is 162 Å². The van der Waals surface area contributed by atoms with Gasteiger partial charge in [0.15, 0.2) is 0 Å². The average Bonchev–Trinajstić information content (AvgIpc) is 3.32. The van der Waals surface area contributed by atoms with Crippen LogP contribution in [0.4, 0.5) is 0 Å². The van der Waals surface area contributed by atoms with E-state index in [9.17, 15) is 4.79 Å². The van der Waals surface area contributed by atoms with Gasteiger partial charge in [0.2, 0.25) is 5.91 Å². The van der Waals surface area contributed by atoms with Crippen molar-refractivity contribution in [1.29, 1.82) is 0 Å². The first-order valence-corrected chi connectivity index (χ1v) is 10.5. The lowest BCUT2D eigenvalue weighted by molar-refractivity contribution is -0.139. The summed E-state index contributed by atoms with van der Waals surface area (Å²) in [5, 5.41) is 0. The zero-order valence-corrected chi connectivity index (χ0v) is 16.4. The van der Waals surface area contributed by atoms with Gasteiger partial charge in [0, 0.05) is 32.3 Å². The second-order valence-electron chi connectivity index (χ2n) is 8.10. The maximum absolute atomic E-state index is 13.3. The van der Waals surface area contributed by atoms with Crippen LogP contribution >= 0.6 is 0 Å². The van der Waals surface area contributed by atoms with Crippen LogP contribution in [-0.4, -0.2) is 67.8 Å². The number of nitrogens with zero attached hydrogens (tertiary/aromatic N) is 2. The highest BCUT2D eigenvalue weighted by Crippen LogP contribution is 2.45. The number of carbonyl (C=O) groups is 1. The largest absolute Gasteiger partial charge is 0.382 e. The Bertz CT molecular complexity index is 615. The van der Waals surface area contributed by atoms with Crippen LogP contribution in [0.5, 0.6) is 0 Å².